The SMILES string of the molecule is CC(N)C(O)(c1cccc2ncccc12)C(F)(F)F. The first kappa shape index (κ1) is 13.8. The standard InChI is InChI=1S/C13H13F3N2O/c1-8(17)12(19,13(14,15)16)10-5-2-6-11-9(10)4-3-7-18-11/h2-8,19H,17H2,1H3. The van der Waals surface area contributed by atoms with Crippen LogP contribution in [0.3, 0.4) is 0 Å². The summed E-state index contributed by atoms with van der Waals surface area (Å²) in [6.45, 7) is 1.13. The van der Waals surface area contributed by atoms with Gasteiger partial charge in [-0.3, -0.25) is 4.98 Å². The lowest BCUT2D eigenvalue weighted by atomic mass is 9.84. The lowest BCUT2D eigenvalue weighted by Crippen LogP contribution is -2.54. The van der Waals surface area contributed by atoms with Crippen molar-refractivity contribution in [2.24, 2.45) is 5.73 Å². The molecule has 1 aromatic heterocycles. The summed E-state index contributed by atoms with van der Waals surface area (Å²) < 4.78 is 39.7. The van der Waals surface area contributed by atoms with E-state index in [4.69, 9.17) is 5.73 Å². The molecule has 0 spiro atoms. The molecule has 0 aliphatic carbocycles. The van der Waals surface area contributed by atoms with Crippen LogP contribution in [-0.4, -0.2) is 22.3 Å². The zero-order valence-corrected chi connectivity index (χ0v) is 10.1. The molecule has 0 fully saturated rings. The molecule has 6 heteroatoms. The van der Waals surface area contributed by atoms with E-state index in [2.05, 4.69) is 4.98 Å². The van der Waals surface area contributed by atoms with Crippen molar-refractivity contribution in [1.82, 2.24) is 4.98 Å². The number of nitrogens with zero attached hydrogens (tertiary/aromatic N) is 1. The van der Waals surface area contributed by atoms with Gasteiger partial charge in [0.05, 0.1) is 5.52 Å². The van der Waals surface area contributed by atoms with Crippen molar-refractivity contribution < 1.29 is 18.3 Å². The Bertz CT molecular complexity index is 592. The maximum absolute atomic E-state index is 13.2. The molecule has 0 radical (unpaired) electrons. The molecular weight excluding hydrogens is 257 g/mol. The van der Waals surface area contributed by atoms with Crippen LogP contribution in [0.2, 0.25) is 0 Å². The summed E-state index contributed by atoms with van der Waals surface area (Å²) in [5.41, 5.74) is 2.39. The molecule has 0 saturated heterocycles. The first-order chi connectivity index (χ1) is 8.78. The lowest BCUT2D eigenvalue weighted by molar-refractivity contribution is -0.272. The molecule has 3 N–H and O–H groups in total. The summed E-state index contributed by atoms with van der Waals surface area (Å²) >= 11 is 0. The molecule has 2 unspecified atom stereocenters. The Hall–Kier alpha value is -1.66. The zero-order valence-electron chi connectivity index (χ0n) is 10.1. The van der Waals surface area contributed by atoms with Gasteiger partial charge >= 0.3 is 6.18 Å². The van der Waals surface area contributed by atoms with E-state index >= 15 is 0 Å². The van der Waals surface area contributed by atoms with Crippen LogP contribution in [0, 0.1) is 0 Å². The number of hydrogen-bond acceptors (Lipinski definition) is 3. The number of benzene rings is 1. The third-order valence-corrected chi connectivity index (χ3v) is 3.15. The number of fused-ring (bicyclic) bond motifs is 1. The second-order valence-corrected chi connectivity index (χ2v) is 4.43. The molecule has 3 nitrogen and oxygen atoms in total. The Balaban J connectivity index is 2.78. The van der Waals surface area contributed by atoms with Gasteiger partial charge in [0.1, 0.15) is 0 Å². The number of alkyl halides is 3. The summed E-state index contributed by atoms with van der Waals surface area (Å²) in [6.07, 6.45) is -3.39. The molecule has 2 atom stereocenters. The fourth-order valence-electron chi connectivity index (χ4n) is 2.09. The summed E-state index contributed by atoms with van der Waals surface area (Å²) in [7, 11) is 0. The first-order valence-electron chi connectivity index (χ1n) is 5.67. The number of hydrogen-bond donors (Lipinski definition) is 2. The average Bonchev–Trinajstić information content (AvgIpc) is 2.35. The number of pyridine rings is 1. The summed E-state index contributed by atoms with van der Waals surface area (Å²) in [5.74, 6) is 0. The monoisotopic (exact) mass is 270 g/mol. The number of nitrogens with two attached hydrogens (primary N) is 1. The molecule has 0 amide bonds. The Morgan fingerprint density at radius 3 is 2.47 bits per heavy atom. The van der Waals surface area contributed by atoms with E-state index < -0.39 is 17.8 Å². The number of rotatable bonds is 2. The van der Waals surface area contributed by atoms with Gasteiger partial charge in [-0.2, -0.15) is 13.2 Å². The van der Waals surface area contributed by atoms with Crippen molar-refractivity contribution in [2.45, 2.75) is 24.7 Å². The fourth-order valence-corrected chi connectivity index (χ4v) is 2.09. The second-order valence-electron chi connectivity index (χ2n) is 4.43. The number of aliphatic hydroxyl groups is 1. The zero-order chi connectivity index (χ0) is 14.3. The molecule has 0 aliphatic heterocycles. The minimum atomic E-state index is -4.87. The molecule has 1 heterocycles. The average molecular weight is 270 g/mol. The van der Waals surface area contributed by atoms with Crippen molar-refractivity contribution in [1.29, 1.82) is 0 Å². The van der Waals surface area contributed by atoms with Gasteiger partial charge in [0.2, 0.25) is 5.60 Å². The van der Waals surface area contributed by atoms with Crippen LogP contribution in [0.25, 0.3) is 10.9 Å². The highest BCUT2D eigenvalue weighted by molar-refractivity contribution is 5.83. The lowest BCUT2D eigenvalue weighted by Gasteiger charge is -2.35. The normalized spacial score (nSPS) is 17.2. The minimum absolute atomic E-state index is 0.238. The van der Waals surface area contributed by atoms with Gasteiger partial charge in [0.25, 0.3) is 0 Å². The molecule has 19 heavy (non-hydrogen) atoms. The van der Waals surface area contributed by atoms with Crippen LogP contribution in [0.4, 0.5) is 13.2 Å². The highest BCUT2D eigenvalue weighted by Gasteiger charge is 2.58. The van der Waals surface area contributed by atoms with Gasteiger partial charge in [-0.05, 0) is 19.1 Å². The Morgan fingerprint density at radius 2 is 1.89 bits per heavy atom. The molecule has 0 saturated carbocycles. The molecule has 0 aliphatic rings. The van der Waals surface area contributed by atoms with Crippen molar-refractivity contribution in [3.05, 3.63) is 42.1 Å². The maximum atomic E-state index is 13.2. The Labute approximate surface area is 107 Å². The first-order valence-corrected chi connectivity index (χ1v) is 5.67. The molecule has 102 valence electrons. The van der Waals surface area contributed by atoms with Gasteiger partial charge in [-0.25, -0.2) is 0 Å². The molecular formula is C13H13F3N2O. The molecule has 0 bridgehead atoms. The van der Waals surface area contributed by atoms with Crippen molar-refractivity contribution in [3.8, 4) is 0 Å². The molecule has 2 aromatic rings. The van der Waals surface area contributed by atoms with E-state index in [1.165, 1.54) is 30.5 Å². The van der Waals surface area contributed by atoms with E-state index in [9.17, 15) is 18.3 Å². The quantitative estimate of drug-likeness (QED) is 0.880. The predicted molar refractivity (Wildman–Crippen MR) is 65.3 cm³/mol. The number of halogens is 3. The van der Waals surface area contributed by atoms with E-state index in [0.717, 1.165) is 6.92 Å². The largest absolute Gasteiger partial charge is 0.423 e. The predicted octanol–water partition coefficient (Wildman–Crippen LogP) is 2.33. The number of aromatic nitrogens is 1. The van der Waals surface area contributed by atoms with E-state index in [-0.39, 0.29) is 10.9 Å². The summed E-state index contributed by atoms with van der Waals surface area (Å²) in [4.78, 5) is 3.98. The third kappa shape index (κ3) is 2.06. The van der Waals surface area contributed by atoms with Crippen LogP contribution in [0.5, 0.6) is 0 Å². The van der Waals surface area contributed by atoms with E-state index in [1.807, 2.05) is 0 Å². The van der Waals surface area contributed by atoms with Gasteiger partial charge in [0.15, 0.2) is 0 Å². The highest BCUT2D eigenvalue weighted by atomic mass is 19.4. The van der Waals surface area contributed by atoms with Crippen molar-refractivity contribution in [3.63, 3.8) is 0 Å². The van der Waals surface area contributed by atoms with Crippen LogP contribution in [-0.2, 0) is 5.60 Å². The van der Waals surface area contributed by atoms with Crippen molar-refractivity contribution in [2.75, 3.05) is 0 Å². The van der Waals surface area contributed by atoms with Gasteiger partial charge < -0.3 is 10.8 Å². The minimum Gasteiger partial charge on any atom is -0.375 e. The topological polar surface area (TPSA) is 59.1 Å². The smallest absolute Gasteiger partial charge is 0.375 e. The van der Waals surface area contributed by atoms with Crippen LogP contribution >= 0.6 is 0 Å². The summed E-state index contributed by atoms with van der Waals surface area (Å²) in [5, 5.41) is 10.4. The third-order valence-electron chi connectivity index (χ3n) is 3.15. The Kier molecular flexibility index (Phi) is 3.24. The maximum Gasteiger partial charge on any atom is 0.423 e. The van der Waals surface area contributed by atoms with Crippen LogP contribution < -0.4 is 5.73 Å². The van der Waals surface area contributed by atoms with Crippen LogP contribution in [0.15, 0.2) is 36.5 Å². The highest BCUT2D eigenvalue weighted by Crippen LogP contribution is 2.43. The molecule has 1 aromatic carbocycles. The Morgan fingerprint density at radius 1 is 1.21 bits per heavy atom. The summed E-state index contributed by atoms with van der Waals surface area (Å²) in [6, 6.07) is 5.72. The second kappa shape index (κ2) is 4.47. The van der Waals surface area contributed by atoms with Gasteiger partial charge in [-0.1, -0.05) is 18.2 Å². The van der Waals surface area contributed by atoms with Gasteiger partial charge in [-0.15, -0.1) is 0 Å². The van der Waals surface area contributed by atoms with E-state index in [0.29, 0.717) is 5.52 Å². The van der Waals surface area contributed by atoms with E-state index in [1.54, 1.807) is 6.07 Å². The van der Waals surface area contributed by atoms with Gasteiger partial charge in [0, 0.05) is 23.2 Å². The molecule has 2 rings (SSSR count). The fraction of sp³-hybridized carbons (Fsp3) is 0.308. The van der Waals surface area contributed by atoms with Crippen LogP contribution in [0.1, 0.15) is 12.5 Å². The van der Waals surface area contributed by atoms with Crippen molar-refractivity contribution >= 4 is 10.9 Å².